The van der Waals surface area contributed by atoms with Gasteiger partial charge >= 0.3 is 0 Å². The van der Waals surface area contributed by atoms with E-state index in [2.05, 4.69) is 0 Å². The second-order valence-electron chi connectivity index (χ2n) is 3.45. The third-order valence-corrected chi connectivity index (χ3v) is 2.34. The average Bonchev–Trinajstić information content (AvgIpc) is 2.22. The van der Waals surface area contributed by atoms with Gasteiger partial charge in [-0.1, -0.05) is 13.0 Å². The van der Waals surface area contributed by atoms with Crippen LogP contribution in [0.25, 0.3) is 0 Å². The number of hydrogen-bond acceptors (Lipinski definition) is 2. The van der Waals surface area contributed by atoms with Crippen molar-refractivity contribution in [1.82, 2.24) is 0 Å². The van der Waals surface area contributed by atoms with Gasteiger partial charge in [0.05, 0.1) is 12.2 Å². The van der Waals surface area contributed by atoms with Crippen LogP contribution in [-0.2, 0) is 6.42 Å². The van der Waals surface area contributed by atoms with Gasteiger partial charge in [-0.2, -0.15) is 0 Å². The number of benzene rings is 1. The topological polar surface area (TPSA) is 40.5 Å². The normalized spacial score (nSPS) is 15.0. The Bertz CT molecular complexity index is 308. The van der Waals surface area contributed by atoms with Gasteiger partial charge in [-0.05, 0) is 18.6 Å². The summed E-state index contributed by atoms with van der Waals surface area (Å²) in [6.45, 7) is 1.69. The third-order valence-electron chi connectivity index (χ3n) is 2.34. The molecule has 84 valence electrons. The standard InChI is InChI=1S/C11H14F2O2/c1-2-10(14)11(15)6-7-8(12)4-3-5-9(7)13/h3-5,10-11,14-15H,2,6H2,1H3. The first-order valence-electron chi connectivity index (χ1n) is 4.85. The van der Waals surface area contributed by atoms with E-state index in [1.54, 1.807) is 6.92 Å². The molecule has 0 saturated heterocycles. The molecule has 0 aromatic heterocycles. The molecule has 0 saturated carbocycles. The SMILES string of the molecule is CCC(O)C(O)Cc1c(F)cccc1F. The van der Waals surface area contributed by atoms with E-state index in [9.17, 15) is 19.0 Å². The molecule has 0 aliphatic carbocycles. The molecule has 2 unspecified atom stereocenters. The van der Waals surface area contributed by atoms with E-state index in [0.717, 1.165) is 12.1 Å². The van der Waals surface area contributed by atoms with E-state index in [4.69, 9.17) is 0 Å². The highest BCUT2D eigenvalue weighted by atomic mass is 19.1. The number of hydrogen-bond donors (Lipinski definition) is 2. The Kier molecular flexibility index (Phi) is 4.17. The van der Waals surface area contributed by atoms with Gasteiger partial charge < -0.3 is 10.2 Å². The van der Waals surface area contributed by atoms with E-state index in [1.165, 1.54) is 6.07 Å². The average molecular weight is 216 g/mol. The number of halogens is 2. The van der Waals surface area contributed by atoms with E-state index in [-0.39, 0.29) is 12.0 Å². The van der Waals surface area contributed by atoms with Crippen LogP contribution in [0, 0.1) is 11.6 Å². The van der Waals surface area contributed by atoms with Gasteiger partial charge in [0, 0.05) is 12.0 Å². The van der Waals surface area contributed by atoms with Crippen LogP contribution in [0.3, 0.4) is 0 Å². The van der Waals surface area contributed by atoms with Crippen molar-refractivity contribution >= 4 is 0 Å². The summed E-state index contributed by atoms with van der Waals surface area (Å²) in [6.07, 6.45) is -1.96. The summed E-state index contributed by atoms with van der Waals surface area (Å²) in [4.78, 5) is 0. The first kappa shape index (κ1) is 12.1. The predicted molar refractivity (Wildman–Crippen MR) is 52.4 cm³/mol. The minimum absolute atomic E-state index is 0.183. The monoisotopic (exact) mass is 216 g/mol. The molecule has 0 amide bonds. The Labute approximate surface area is 87.2 Å². The third kappa shape index (κ3) is 2.97. The van der Waals surface area contributed by atoms with Gasteiger partial charge in [-0.3, -0.25) is 0 Å². The largest absolute Gasteiger partial charge is 0.390 e. The van der Waals surface area contributed by atoms with E-state index >= 15 is 0 Å². The van der Waals surface area contributed by atoms with Crippen molar-refractivity contribution in [2.45, 2.75) is 32.0 Å². The lowest BCUT2D eigenvalue weighted by atomic mass is 10.0. The lowest BCUT2D eigenvalue weighted by molar-refractivity contribution is 0.0172. The Morgan fingerprint density at radius 3 is 2.13 bits per heavy atom. The Hall–Kier alpha value is -1.00. The van der Waals surface area contributed by atoms with Crippen LogP contribution in [-0.4, -0.2) is 22.4 Å². The fourth-order valence-electron chi connectivity index (χ4n) is 1.34. The highest BCUT2D eigenvalue weighted by Crippen LogP contribution is 2.15. The first-order chi connectivity index (χ1) is 7.06. The molecule has 2 nitrogen and oxygen atoms in total. The second kappa shape index (κ2) is 5.19. The molecule has 2 N–H and O–H groups in total. The van der Waals surface area contributed by atoms with Crippen LogP contribution in [0.4, 0.5) is 8.78 Å². The molecule has 0 aliphatic rings. The van der Waals surface area contributed by atoms with Gasteiger partial charge in [0.15, 0.2) is 0 Å². The molecule has 0 radical (unpaired) electrons. The fraction of sp³-hybridized carbons (Fsp3) is 0.455. The van der Waals surface area contributed by atoms with E-state index in [1.807, 2.05) is 0 Å². The quantitative estimate of drug-likeness (QED) is 0.803. The molecule has 2 atom stereocenters. The van der Waals surface area contributed by atoms with Crippen molar-refractivity contribution in [3.63, 3.8) is 0 Å². The molecule has 0 aliphatic heterocycles. The molecule has 0 bridgehead atoms. The summed E-state index contributed by atoms with van der Waals surface area (Å²) in [7, 11) is 0. The molecular formula is C11H14F2O2. The zero-order valence-corrected chi connectivity index (χ0v) is 8.45. The number of aliphatic hydroxyl groups is 2. The predicted octanol–water partition coefficient (Wildman–Crippen LogP) is 1.64. The van der Waals surface area contributed by atoms with Crippen LogP contribution < -0.4 is 0 Å². The van der Waals surface area contributed by atoms with Gasteiger partial charge in [0.1, 0.15) is 11.6 Å². The molecule has 0 fully saturated rings. The Morgan fingerprint density at radius 2 is 1.67 bits per heavy atom. The lowest BCUT2D eigenvalue weighted by Crippen LogP contribution is -2.27. The molecule has 1 aromatic rings. The van der Waals surface area contributed by atoms with Crippen molar-refractivity contribution < 1.29 is 19.0 Å². The summed E-state index contributed by atoms with van der Waals surface area (Å²) in [5, 5.41) is 18.7. The van der Waals surface area contributed by atoms with Crippen LogP contribution in [0.2, 0.25) is 0 Å². The van der Waals surface area contributed by atoms with Crippen molar-refractivity contribution in [3.05, 3.63) is 35.4 Å². The van der Waals surface area contributed by atoms with Gasteiger partial charge in [0.2, 0.25) is 0 Å². The highest BCUT2D eigenvalue weighted by molar-refractivity contribution is 5.20. The minimum Gasteiger partial charge on any atom is -0.390 e. The van der Waals surface area contributed by atoms with Crippen molar-refractivity contribution in [2.24, 2.45) is 0 Å². The smallest absolute Gasteiger partial charge is 0.129 e. The molecule has 4 heteroatoms. The fourth-order valence-corrected chi connectivity index (χ4v) is 1.34. The summed E-state index contributed by atoms with van der Waals surface area (Å²) in [6, 6.07) is 3.52. The zero-order valence-electron chi connectivity index (χ0n) is 8.45. The van der Waals surface area contributed by atoms with Gasteiger partial charge in [-0.25, -0.2) is 8.78 Å². The molecule has 1 aromatic carbocycles. The maximum absolute atomic E-state index is 13.1. The maximum atomic E-state index is 13.1. The number of aliphatic hydroxyl groups excluding tert-OH is 2. The summed E-state index contributed by atoms with van der Waals surface area (Å²) < 4.78 is 26.3. The van der Waals surface area contributed by atoms with Gasteiger partial charge in [0.25, 0.3) is 0 Å². The maximum Gasteiger partial charge on any atom is 0.129 e. The first-order valence-corrected chi connectivity index (χ1v) is 4.85. The lowest BCUT2D eigenvalue weighted by Gasteiger charge is -2.16. The molecule has 1 rings (SSSR count). The molecule has 0 spiro atoms. The van der Waals surface area contributed by atoms with Crippen LogP contribution in [0.1, 0.15) is 18.9 Å². The second-order valence-corrected chi connectivity index (χ2v) is 3.45. The Morgan fingerprint density at radius 1 is 1.13 bits per heavy atom. The summed E-state index contributed by atoms with van der Waals surface area (Å²) in [5.41, 5.74) is -0.183. The number of rotatable bonds is 4. The molecular weight excluding hydrogens is 202 g/mol. The molecule has 0 heterocycles. The zero-order chi connectivity index (χ0) is 11.4. The Balaban J connectivity index is 2.80. The van der Waals surface area contributed by atoms with Crippen LogP contribution in [0.5, 0.6) is 0 Å². The summed E-state index contributed by atoms with van der Waals surface area (Å²) >= 11 is 0. The van der Waals surface area contributed by atoms with E-state index in [0.29, 0.717) is 6.42 Å². The van der Waals surface area contributed by atoms with Crippen LogP contribution in [0.15, 0.2) is 18.2 Å². The van der Waals surface area contributed by atoms with Crippen molar-refractivity contribution in [3.8, 4) is 0 Å². The van der Waals surface area contributed by atoms with Crippen molar-refractivity contribution in [2.75, 3.05) is 0 Å². The highest BCUT2D eigenvalue weighted by Gasteiger charge is 2.18. The van der Waals surface area contributed by atoms with Crippen LogP contribution >= 0.6 is 0 Å². The van der Waals surface area contributed by atoms with Crippen molar-refractivity contribution in [1.29, 1.82) is 0 Å². The summed E-state index contributed by atoms with van der Waals surface area (Å²) in [5.74, 6) is -1.39. The van der Waals surface area contributed by atoms with Gasteiger partial charge in [-0.15, -0.1) is 0 Å². The van der Waals surface area contributed by atoms with E-state index < -0.39 is 23.8 Å². The molecule has 15 heavy (non-hydrogen) atoms. The minimum atomic E-state index is -1.14.